The predicted octanol–water partition coefficient (Wildman–Crippen LogP) is 5.62. The first kappa shape index (κ1) is 21.9. The van der Waals surface area contributed by atoms with Crippen LogP contribution in [0.5, 0.6) is 0 Å². The third kappa shape index (κ3) is 4.47. The number of benzene rings is 2. The molecule has 0 amide bonds. The molecule has 0 bridgehead atoms. The molecule has 2 aromatic carbocycles. The highest BCUT2D eigenvalue weighted by Gasteiger charge is 2.30. The van der Waals surface area contributed by atoms with Crippen molar-refractivity contribution < 1.29 is 4.39 Å². The van der Waals surface area contributed by atoms with E-state index >= 15 is 4.39 Å². The zero-order valence-corrected chi connectivity index (χ0v) is 19.3. The second-order valence-electron chi connectivity index (χ2n) is 9.30. The number of rotatable bonds is 6. The summed E-state index contributed by atoms with van der Waals surface area (Å²) in [6.45, 7) is 6.24. The van der Waals surface area contributed by atoms with Crippen molar-refractivity contribution in [2.45, 2.75) is 45.1 Å². The fourth-order valence-corrected chi connectivity index (χ4v) is 5.23. The highest BCUT2D eigenvalue weighted by atomic mass is 19.1. The molecule has 5 rings (SSSR count). The van der Waals surface area contributed by atoms with Gasteiger partial charge in [-0.3, -0.25) is 14.3 Å². The summed E-state index contributed by atoms with van der Waals surface area (Å²) in [5.41, 5.74) is 2.16. The van der Waals surface area contributed by atoms with E-state index < -0.39 is 0 Å². The average Bonchev–Trinajstić information content (AvgIpc) is 3.52. The fourth-order valence-electron chi connectivity index (χ4n) is 5.23. The molecule has 2 saturated heterocycles. The minimum atomic E-state index is -0.266. The van der Waals surface area contributed by atoms with Gasteiger partial charge in [0.2, 0.25) is 0 Å². The molecule has 1 unspecified atom stereocenters. The lowest BCUT2D eigenvalue weighted by molar-refractivity contribution is 0.260. The molecule has 4 nitrogen and oxygen atoms in total. The molecule has 2 aliphatic rings. The Kier molecular flexibility index (Phi) is 6.32. The van der Waals surface area contributed by atoms with Gasteiger partial charge in [-0.05, 0) is 80.1 Å². The summed E-state index contributed by atoms with van der Waals surface area (Å²) in [6, 6.07) is 13.5. The lowest BCUT2D eigenvalue weighted by Gasteiger charge is -2.25. The first-order valence-corrected chi connectivity index (χ1v) is 12.2. The van der Waals surface area contributed by atoms with E-state index in [1.54, 1.807) is 10.8 Å². The Hall–Kier alpha value is -2.92. The molecular weight excluding hydrogens is 413 g/mol. The summed E-state index contributed by atoms with van der Waals surface area (Å²) in [5, 5.41) is 1.54. The van der Waals surface area contributed by atoms with Gasteiger partial charge < -0.3 is 4.90 Å². The number of aromatic nitrogens is 1. The van der Waals surface area contributed by atoms with Crippen molar-refractivity contribution in [3.05, 3.63) is 76.5 Å². The monoisotopic (exact) mass is 445 g/mol. The molecule has 1 aromatic heterocycles. The van der Waals surface area contributed by atoms with Crippen LogP contribution in [0.15, 0.2) is 59.5 Å². The maximum atomic E-state index is 15.2. The number of anilines is 1. The molecule has 172 valence electrons. The first-order chi connectivity index (χ1) is 16.1. The lowest BCUT2D eigenvalue weighted by Crippen LogP contribution is -2.35. The number of unbranched alkanes of at least 4 members (excludes halogenated alkanes) is 1. The molecule has 3 aromatic rings. The number of pyridine rings is 1. The maximum Gasteiger partial charge on any atom is 0.262 e. The van der Waals surface area contributed by atoms with Gasteiger partial charge >= 0.3 is 0 Å². The van der Waals surface area contributed by atoms with Crippen LogP contribution in [-0.4, -0.2) is 41.7 Å². The number of hydrogen-bond donors (Lipinski definition) is 0. The van der Waals surface area contributed by atoms with Gasteiger partial charge in [-0.25, -0.2) is 4.39 Å². The molecule has 2 aliphatic heterocycles. The smallest absolute Gasteiger partial charge is 0.262 e. The Labute approximate surface area is 194 Å². The summed E-state index contributed by atoms with van der Waals surface area (Å²) in [7, 11) is 0. The van der Waals surface area contributed by atoms with Crippen LogP contribution in [0, 0.1) is 5.82 Å². The quantitative estimate of drug-likeness (QED) is 0.493. The molecular formula is C28H32FN3O. The van der Waals surface area contributed by atoms with E-state index in [1.807, 2.05) is 36.4 Å². The van der Waals surface area contributed by atoms with E-state index in [9.17, 15) is 4.79 Å². The van der Waals surface area contributed by atoms with Crippen molar-refractivity contribution >= 4 is 22.5 Å². The minimum absolute atomic E-state index is 0.126. The van der Waals surface area contributed by atoms with Crippen LogP contribution in [0.3, 0.4) is 0 Å². The second kappa shape index (κ2) is 9.52. The molecule has 5 heteroatoms. The predicted molar refractivity (Wildman–Crippen MR) is 135 cm³/mol. The van der Waals surface area contributed by atoms with Crippen molar-refractivity contribution in [2.75, 3.05) is 31.1 Å². The summed E-state index contributed by atoms with van der Waals surface area (Å²) in [5.74, 6) is -0.266. The van der Waals surface area contributed by atoms with E-state index in [2.05, 4.69) is 28.9 Å². The standard InChI is InChI=1S/C28H32FN3O/c1-2-3-4-7-21-8-10-25-22(18-21)12-17-32(28(25)33)23-9-11-27(26(29)19-23)31-16-13-24(20-31)30-14-5-6-15-30/h4,7-12,17-19,24H,2-3,5-6,13-16,20H2,1H3/b7-4-. The van der Waals surface area contributed by atoms with Crippen molar-refractivity contribution in [2.24, 2.45) is 0 Å². The lowest BCUT2D eigenvalue weighted by atomic mass is 10.1. The van der Waals surface area contributed by atoms with Crippen LogP contribution in [0.4, 0.5) is 10.1 Å². The summed E-state index contributed by atoms with van der Waals surface area (Å²) < 4.78 is 16.7. The largest absolute Gasteiger partial charge is 0.368 e. The van der Waals surface area contributed by atoms with Gasteiger partial charge in [0.1, 0.15) is 5.82 Å². The third-order valence-corrected chi connectivity index (χ3v) is 7.06. The van der Waals surface area contributed by atoms with Gasteiger partial charge in [0.05, 0.1) is 11.4 Å². The summed E-state index contributed by atoms with van der Waals surface area (Å²) in [4.78, 5) is 17.8. The molecule has 1 atom stereocenters. The number of nitrogens with zero attached hydrogens (tertiary/aromatic N) is 3. The SMILES string of the molecule is CCC/C=C\c1ccc2c(=O)n(-c3ccc(N4CCC(N5CCCC5)C4)c(F)c3)ccc2c1. The van der Waals surface area contributed by atoms with Crippen molar-refractivity contribution in [1.82, 2.24) is 9.47 Å². The van der Waals surface area contributed by atoms with E-state index in [4.69, 9.17) is 0 Å². The molecule has 0 N–H and O–H groups in total. The van der Waals surface area contributed by atoms with Gasteiger partial charge in [0.25, 0.3) is 5.56 Å². The highest BCUT2D eigenvalue weighted by molar-refractivity contribution is 5.84. The zero-order valence-electron chi connectivity index (χ0n) is 19.3. The topological polar surface area (TPSA) is 28.5 Å². The minimum Gasteiger partial charge on any atom is -0.368 e. The molecule has 2 fully saturated rings. The van der Waals surface area contributed by atoms with Crippen LogP contribution in [0.1, 0.15) is 44.6 Å². The Bertz CT molecular complexity index is 1230. The number of allylic oxidation sites excluding steroid dienone is 1. The third-order valence-electron chi connectivity index (χ3n) is 7.06. The van der Waals surface area contributed by atoms with Gasteiger partial charge in [0.15, 0.2) is 0 Å². The number of likely N-dealkylation sites (tertiary alicyclic amines) is 1. The number of fused-ring (bicyclic) bond motifs is 1. The van der Waals surface area contributed by atoms with Crippen LogP contribution in [-0.2, 0) is 0 Å². The van der Waals surface area contributed by atoms with E-state index in [0.29, 0.717) is 22.8 Å². The van der Waals surface area contributed by atoms with Crippen LogP contribution in [0.2, 0.25) is 0 Å². The van der Waals surface area contributed by atoms with Crippen molar-refractivity contribution in [1.29, 1.82) is 0 Å². The molecule has 3 heterocycles. The van der Waals surface area contributed by atoms with E-state index in [1.165, 1.54) is 32.0 Å². The Balaban J connectivity index is 1.38. The summed E-state index contributed by atoms with van der Waals surface area (Å²) in [6.07, 6.45) is 11.8. The van der Waals surface area contributed by atoms with Crippen molar-refractivity contribution in [3.8, 4) is 5.69 Å². The van der Waals surface area contributed by atoms with Crippen LogP contribution < -0.4 is 10.5 Å². The Morgan fingerprint density at radius 2 is 1.91 bits per heavy atom. The zero-order chi connectivity index (χ0) is 22.8. The Morgan fingerprint density at radius 3 is 2.70 bits per heavy atom. The fraction of sp³-hybridized carbons (Fsp3) is 0.393. The second-order valence-corrected chi connectivity index (χ2v) is 9.30. The molecule has 0 aliphatic carbocycles. The maximum absolute atomic E-state index is 15.2. The van der Waals surface area contributed by atoms with Gasteiger partial charge in [0, 0.05) is 36.8 Å². The van der Waals surface area contributed by atoms with Gasteiger partial charge in [-0.15, -0.1) is 0 Å². The average molecular weight is 446 g/mol. The highest BCUT2D eigenvalue weighted by Crippen LogP contribution is 2.28. The van der Waals surface area contributed by atoms with Crippen LogP contribution in [0.25, 0.3) is 22.5 Å². The molecule has 0 spiro atoms. The normalized spacial score (nSPS) is 19.3. The molecule has 33 heavy (non-hydrogen) atoms. The van der Waals surface area contributed by atoms with E-state index in [0.717, 1.165) is 43.3 Å². The molecule has 0 saturated carbocycles. The van der Waals surface area contributed by atoms with E-state index in [-0.39, 0.29) is 11.4 Å². The number of hydrogen-bond acceptors (Lipinski definition) is 3. The van der Waals surface area contributed by atoms with Gasteiger partial charge in [-0.2, -0.15) is 0 Å². The molecule has 0 radical (unpaired) electrons. The summed E-state index contributed by atoms with van der Waals surface area (Å²) >= 11 is 0. The first-order valence-electron chi connectivity index (χ1n) is 12.2. The number of halogens is 1. The van der Waals surface area contributed by atoms with Crippen molar-refractivity contribution in [3.63, 3.8) is 0 Å². The Morgan fingerprint density at radius 1 is 1.06 bits per heavy atom. The van der Waals surface area contributed by atoms with Crippen LogP contribution >= 0.6 is 0 Å². The van der Waals surface area contributed by atoms with Gasteiger partial charge in [-0.1, -0.05) is 31.6 Å².